The van der Waals surface area contributed by atoms with Crippen molar-refractivity contribution in [2.45, 2.75) is 25.9 Å². The summed E-state index contributed by atoms with van der Waals surface area (Å²) in [4.78, 5) is 18.4. The predicted octanol–water partition coefficient (Wildman–Crippen LogP) is 2.40. The average molecular weight is 331 g/mol. The van der Waals surface area contributed by atoms with E-state index in [0.717, 1.165) is 11.3 Å². The molecule has 0 bridgehead atoms. The first-order valence-corrected chi connectivity index (χ1v) is 8.15. The van der Waals surface area contributed by atoms with Crippen molar-refractivity contribution >= 4 is 5.91 Å². The van der Waals surface area contributed by atoms with E-state index in [9.17, 15) is 9.18 Å². The first kappa shape index (κ1) is 16.6. The van der Waals surface area contributed by atoms with Gasteiger partial charge in [-0.15, -0.1) is 0 Å². The Morgan fingerprint density at radius 2 is 2.29 bits per heavy atom. The van der Waals surface area contributed by atoms with Crippen LogP contribution in [0.25, 0.3) is 0 Å². The zero-order valence-corrected chi connectivity index (χ0v) is 14.0. The molecule has 1 fully saturated rings. The van der Waals surface area contributed by atoms with Gasteiger partial charge in [-0.1, -0.05) is 12.1 Å². The van der Waals surface area contributed by atoms with Crippen molar-refractivity contribution in [3.63, 3.8) is 0 Å². The van der Waals surface area contributed by atoms with Crippen LogP contribution in [0.2, 0.25) is 0 Å². The molecular weight excluding hydrogens is 309 g/mol. The summed E-state index contributed by atoms with van der Waals surface area (Å²) in [5.41, 5.74) is 2.55. The number of hydrogen-bond acceptors (Lipinski definition) is 3. The third kappa shape index (κ3) is 3.64. The molecule has 1 aromatic heterocycles. The fraction of sp³-hybridized carbons (Fsp3) is 0.444. The highest BCUT2D eigenvalue weighted by molar-refractivity contribution is 5.76. The number of nitrogens with zero attached hydrogens (tertiary/aromatic N) is 3. The first-order chi connectivity index (χ1) is 11.5. The number of carbonyl (C=O) groups is 1. The molecule has 1 atom stereocenters. The molecule has 0 radical (unpaired) electrons. The average Bonchev–Trinajstić information content (AvgIpc) is 3.00. The van der Waals surface area contributed by atoms with Gasteiger partial charge in [-0.3, -0.25) is 4.79 Å². The molecule has 1 aliphatic heterocycles. The van der Waals surface area contributed by atoms with Crippen LogP contribution in [-0.4, -0.2) is 40.1 Å². The number of amides is 1. The van der Waals surface area contributed by atoms with E-state index in [0.29, 0.717) is 38.1 Å². The number of halogens is 1. The Morgan fingerprint density at radius 3 is 3.00 bits per heavy atom. The lowest BCUT2D eigenvalue weighted by Gasteiger charge is -2.33. The Balaban J connectivity index is 1.61. The van der Waals surface area contributed by atoms with Crippen LogP contribution in [-0.2, 0) is 23.0 Å². The zero-order chi connectivity index (χ0) is 17.1. The smallest absolute Gasteiger partial charge is 0.223 e. The molecule has 1 amide bonds. The number of imidazole rings is 1. The van der Waals surface area contributed by atoms with Gasteiger partial charge < -0.3 is 14.2 Å². The highest BCUT2D eigenvalue weighted by Gasteiger charge is 2.25. The predicted molar refractivity (Wildman–Crippen MR) is 87.9 cm³/mol. The van der Waals surface area contributed by atoms with E-state index in [-0.39, 0.29) is 17.8 Å². The Hall–Kier alpha value is -2.21. The number of aromatic nitrogens is 2. The molecule has 1 aliphatic rings. The SMILES string of the molecule is Cc1cc([C@@H]2CN(C(=O)CCc3cncn3C)CCO2)ccc1F. The maximum atomic E-state index is 13.4. The Bertz CT molecular complexity index is 729. The topological polar surface area (TPSA) is 47.4 Å². The maximum absolute atomic E-state index is 13.4. The van der Waals surface area contributed by atoms with Crippen molar-refractivity contribution in [3.8, 4) is 0 Å². The third-order valence-electron chi connectivity index (χ3n) is 4.48. The van der Waals surface area contributed by atoms with E-state index in [1.165, 1.54) is 6.07 Å². The van der Waals surface area contributed by atoms with Crippen LogP contribution in [0.4, 0.5) is 4.39 Å². The van der Waals surface area contributed by atoms with E-state index < -0.39 is 0 Å². The molecule has 128 valence electrons. The van der Waals surface area contributed by atoms with Gasteiger partial charge in [0.1, 0.15) is 11.9 Å². The number of rotatable bonds is 4. The lowest BCUT2D eigenvalue weighted by molar-refractivity contribution is -0.139. The standard InChI is InChI=1S/C18H22FN3O2/c1-13-9-14(3-5-16(13)19)17-11-22(7-8-24-17)18(23)6-4-15-10-20-12-21(15)2/h3,5,9-10,12,17H,4,6-8,11H2,1-2H3/t17-/m0/s1. The molecular formula is C18H22FN3O2. The molecule has 2 heterocycles. The van der Waals surface area contributed by atoms with Crippen molar-refractivity contribution in [1.29, 1.82) is 0 Å². The monoisotopic (exact) mass is 331 g/mol. The number of ether oxygens (including phenoxy) is 1. The van der Waals surface area contributed by atoms with Gasteiger partial charge in [-0.2, -0.15) is 0 Å². The number of hydrogen-bond donors (Lipinski definition) is 0. The van der Waals surface area contributed by atoms with Gasteiger partial charge in [0.05, 0.1) is 19.5 Å². The lowest BCUT2D eigenvalue weighted by Crippen LogP contribution is -2.42. The van der Waals surface area contributed by atoms with E-state index in [1.807, 2.05) is 16.5 Å². The lowest BCUT2D eigenvalue weighted by atomic mass is 10.0. The zero-order valence-electron chi connectivity index (χ0n) is 14.0. The summed E-state index contributed by atoms with van der Waals surface area (Å²) < 4.78 is 21.1. The van der Waals surface area contributed by atoms with Crippen molar-refractivity contribution in [2.24, 2.45) is 7.05 Å². The molecule has 0 aliphatic carbocycles. The number of morpholine rings is 1. The molecule has 1 saturated heterocycles. The van der Waals surface area contributed by atoms with Gasteiger partial charge in [-0.05, 0) is 30.5 Å². The summed E-state index contributed by atoms with van der Waals surface area (Å²) in [5.74, 6) is -0.109. The van der Waals surface area contributed by atoms with Crippen LogP contribution >= 0.6 is 0 Å². The van der Waals surface area contributed by atoms with Crippen molar-refractivity contribution in [1.82, 2.24) is 14.5 Å². The van der Waals surface area contributed by atoms with Crippen molar-refractivity contribution < 1.29 is 13.9 Å². The number of carbonyl (C=O) groups excluding carboxylic acids is 1. The Kier molecular flexibility index (Phi) is 4.94. The number of aryl methyl sites for hydroxylation is 3. The quantitative estimate of drug-likeness (QED) is 0.864. The molecule has 3 rings (SSSR count). The van der Waals surface area contributed by atoms with Gasteiger partial charge in [0.25, 0.3) is 0 Å². The largest absolute Gasteiger partial charge is 0.370 e. The molecule has 0 spiro atoms. The summed E-state index contributed by atoms with van der Waals surface area (Å²) in [6.07, 6.45) is 4.46. The summed E-state index contributed by atoms with van der Waals surface area (Å²) in [7, 11) is 1.93. The summed E-state index contributed by atoms with van der Waals surface area (Å²) in [5, 5.41) is 0. The van der Waals surface area contributed by atoms with E-state index in [2.05, 4.69) is 4.98 Å². The van der Waals surface area contributed by atoms with Crippen LogP contribution in [0.1, 0.15) is 29.3 Å². The molecule has 0 unspecified atom stereocenters. The first-order valence-electron chi connectivity index (χ1n) is 8.15. The normalized spacial score (nSPS) is 18.0. The minimum absolute atomic E-state index is 0.114. The fourth-order valence-corrected chi connectivity index (χ4v) is 2.96. The van der Waals surface area contributed by atoms with Crippen LogP contribution in [0.5, 0.6) is 0 Å². The van der Waals surface area contributed by atoms with Gasteiger partial charge in [0.15, 0.2) is 0 Å². The second kappa shape index (κ2) is 7.13. The van der Waals surface area contributed by atoms with Crippen LogP contribution in [0, 0.1) is 12.7 Å². The van der Waals surface area contributed by atoms with Gasteiger partial charge in [0.2, 0.25) is 5.91 Å². The van der Waals surface area contributed by atoms with Crippen LogP contribution in [0.15, 0.2) is 30.7 Å². The summed E-state index contributed by atoms with van der Waals surface area (Å²) >= 11 is 0. The van der Waals surface area contributed by atoms with Crippen LogP contribution in [0.3, 0.4) is 0 Å². The van der Waals surface area contributed by atoms with Crippen molar-refractivity contribution in [3.05, 3.63) is 53.4 Å². The second-order valence-corrected chi connectivity index (χ2v) is 6.20. The molecule has 0 N–H and O–H groups in total. The minimum Gasteiger partial charge on any atom is -0.370 e. The van der Waals surface area contributed by atoms with E-state index in [4.69, 9.17) is 4.74 Å². The van der Waals surface area contributed by atoms with Crippen molar-refractivity contribution in [2.75, 3.05) is 19.7 Å². The molecule has 5 nitrogen and oxygen atoms in total. The highest BCUT2D eigenvalue weighted by atomic mass is 19.1. The Morgan fingerprint density at radius 1 is 1.46 bits per heavy atom. The second-order valence-electron chi connectivity index (χ2n) is 6.20. The van der Waals surface area contributed by atoms with E-state index in [1.54, 1.807) is 31.6 Å². The van der Waals surface area contributed by atoms with Gasteiger partial charge >= 0.3 is 0 Å². The summed E-state index contributed by atoms with van der Waals surface area (Å²) in [6.45, 7) is 3.34. The van der Waals surface area contributed by atoms with Gasteiger partial charge in [-0.25, -0.2) is 9.37 Å². The molecule has 24 heavy (non-hydrogen) atoms. The summed E-state index contributed by atoms with van der Waals surface area (Å²) in [6, 6.07) is 4.98. The molecule has 2 aromatic rings. The molecule has 6 heteroatoms. The molecule has 1 aromatic carbocycles. The van der Waals surface area contributed by atoms with Gasteiger partial charge in [0, 0.05) is 31.9 Å². The highest BCUT2D eigenvalue weighted by Crippen LogP contribution is 2.24. The number of benzene rings is 1. The molecule has 0 saturated carbocycles. The maximum Gasteiger partial charge on any atom is 0.223 e. The van der Waals surface area contributed by atoms with E-state index >= 15 is 0 Å². The minimum atomic E-state index is -0.223. The van der Waals surface area contributed by atoms with Crippen LogP contribution < -0.4 is 0 Å². The third-order valence-corrected chi connectivity index (χ3v) is 4.48. The fourth-order valence-electron chi connectivity index (χ4n) is 2.96. The Labute approximate surface area is 141 Å².